The molecule has 104 valence electrons. The van der Waals surface area contributed by atoms with Crippen molar-refractivity contribution in [1.29, 1.82) is 0 Å². The number of sulfone groups is 1. The summed E-state index contributed by atoms with van der Waals surface area (Å²) in [5.74, 6) is -0.0428. The summed E-state index contributed by atoms with van der Waals surface area (Å²) in [7, 11) is -3.02. The molecule has 1 unspecified atom stereocenters. The van der Waals surface area contributed by atoms with E-state index in [1.807, 2.05) is 0 Å². The topological polar surface area (TPSA) is 63.2 Å². The van der Waals surface area contributed by atoms with Gasteiger partial charge < -0.3 is 5.32 Å². The van der Waals surface area contributed by atoms with Crippen molar-refractivity contribution >= 4 is 43.3 Å². The molecule has 1 fully saturated rings. The monoisotopic (exact) mass is 365 g/mol. The highest BCUT2D eigenvalue weighted by molar-refractivity contribution is 9.10. The Morgan fingerprint density at radius 1 is 1.42 bits per heavy atom. The fourth-order valence-electron chi connectivity index (χ4n) is 2.04. The van der Waals surface area contributed by atoms with E-state index >= 15 is 0 Å². The number of hydrogen-bond acceptors (Lipinski definition) is 3. The summed E-state index contributed by atoms with van der Waals surface area (Å²) in [5, 5.41) is 3.28. The first-order valence-electron chi connectivity index (χ1n) is 5.84. The minimum absolute atomic E-state index is 0.0213. The van der Waals surface area contributed by atoms with Crippen molar-refractivity contribution in [3.8, 4) is 0 Å². The lowest BCUT2D eigenvalue weighted by molar-refractivity contribution is 0.0938. The molecular weight excluding hydrogens is 354 g/mol. The van der Waals surface area contributed by atoms with Crippen LogP contribution in [0.2, 0.25) is 5.02 Å². The maximum Gasteiger partial charge on any atom is 0.251 e. The predicted octanol–water partition coefficient (Wildman–Crippen LogP) is 2.41. The molecule has 1 aliphatic heterocycles. The fraction of sp³-hybridized carbons (Fsp3) is 0.417. The largest absolute Gasteiger partial charge is 0.348 e. The SMILES string of the molecule is O=C(NC1CCCS(=O)(=O)C1)c1ccc(Cl)c(Br)c1. The third-order valence-corrected chi connectivity index (χ3v) is 6.01. The summed E-state index contributed by atoms with van der Waals surface area (Å²) >= 11 is 9.11. The lowest BCUT2D eigenvalue weighted by atomic mass is 10.1. The summed E-state index contributed by atoms with van der Waals surface area (Å²) in [6.07, 6.45) is 1.29. The molecule has 0 aromatic heterocycles. The molecule has 1 aromatic rings. The van der Waals surface area contributed by atoms with Crippen LogP contribution in [0.3, 0.4) is 0 Å². The summed E-state index contributed by atoms with van der Waals surface area (Å²) in [6.45, 7) is 0. The molecule has 1 aromatic carbocycles. The molecule has 0 aliphatic carbocycles. The molecule has 1 saturated heterocycles. The van der Waals surface area contributed by atoms with Crippen molar-refractivity contribution < 1.29 is 13.2 Å². The maximum atomic E-state index is 12.0. The molecule has 7 heteroatoms. The second kappa shape index (κ2) is 5.81. The van der Waals surface area contributed by atoms with Gasteiger partial charge in [0.25, 0.3) is 5.91 Å². The van der Waals surface area contributed by atoms with Crippen LogP contribution >= 0.6 is 27.5 Å². The van der Waals surface area contributed by atoms with Crippen LogP contribution in [0.4, 0.5) is 0 Å². The second-order valence-electron chi connectivity index (χ2n) is 4.56. The van der Waals surface area contributed by atoms with Gasteiger partial charge in [0.1, 0.15) is 0 Å². The van der Waals surface area contributed by atoms with E-state index in [4.69, 9.17) is 11.6 Å². The van der Waals surface area contributed by atoms with Gasteiger partial charge in [-0.15, -0.1) is 0 Å². The van der Waals surface area contributed by atoms with Gasteiger partial charge in [-0.25, -0.2) is 8.42 Å². The normalized spacial score (nSPS) is 21.9. The molecule has 4 nitrogen and oxygen atoms in total. The fourth-order valence-corrected chi connectivity index (χ4v) is 4.18. The van der Waals surface area contributed by atoms with E-state index in [2.05, 4.69) is 21.2 Å². The van der Waals surface area contributed by atoms with Crippen molar-refractivity contribution in [3.63, 3.8) is 0 Å². The van der Waals surface area contributed by atoms with Gasteiger partial charge in [-0.05, 0) is 47.0 Å². The van der Waals surface area contributed by atoms with Gasteiger partial charge in [-0.1, -0.05) is 11.6 Å². The predicted molar refractivity (Wildman–Crippen MR) is 78.3 cm³/mol. The summed E-state index contributed by atoms with van der Waals surface area (Å²) in [5.41, 5.74) is 0.458. The molecular formula is C12H13BrClNO3S. The third-order valence-electron chi connectivity index (χ3n) is 2.98. The first-order valence-corrected chi connectivity index (χ1v) is 8.83. The first kappa shape index (κ1) is 14.8. The number of carbonyl (C=O) groups is 1. The van der Waals surface area contributed by atoms with Gasteiger partial charge in [0.2, 0.25) is 0 Å². The number of carbonyl (C=O) groups excluding carboxylic acids is 1. The quantitative estimate of drug-likeness (QED) is 0.874. The van der Waals surface area contributed by atoms with E-state index in [0.29, 0.717) is 27.9 Å². The van der Waals surface area contributed by atoms with Crippen LogP contribution in [-0.4, -0.2) is 31.9 Å². The molecule has 1 N–H and O–H groups in total. The molecule has 0 saturated carbocycles. The molecule has 1 atom stereocenters. The molecule has 2 rings (SSSR count). The van der Waals surface area contributed by atoms with Crippen LogP contribution in [0, 0.1) is 0 Å². The highest BCUT2D eigenvalue weighted by atomic mass is 79.9. The Balaban J connectivity index is 2.06. The zero-order valence-electron chi connectivity index (χ0n) is 10.0. The minimum Gasteiger partial charge on any atom is -0.348 e. The summed E-state index contributed by atoms with van der Waals surface area (Å²) in [4.78, 5) is 12.0. The molecule has 1 amide bonds. The number of nitrogens with one attached hydrogen (secondary N) is 1. The Hall–Kier alpha value is -0.590. The zero-order chi connectivity index (χ0) is 14.0. The molecule has 1 aliphatic rings. The smallest absolute Gasteiger partial charge is 0.251 e. The first-order chi connectivity index (χ1) is 8.87. The van der Waals surface area contributed by atoms with E-state index in [9.17, 15) is 13.2 Å². The van der Waals surface area contributed by atoms with Crippen LogP contribution < -0.4 is 5.32 Å². The van der Waals surface area contributed by atoms with E-state index in [1.54, 1.807) is 18.2 Å². The Bertz CT molecular complexity index is 603. The average Bonchev–Trinajstić information content (AvgIpc) is 2.31. The standard InChI is InChI=1S/C12H13BrClNO3S/c13-10-6-8(3-4-11(10)14)12(16)15-9-2-1-5-19(17,18)7-9/h3-4,6,9H,1-2,5,7H2,(H,15,16). The van der Waals surface area contributed by atoms with Crippen LogP contribution in [-0.2, 0) is 9.84 Å². The second-order valence-corrected chi connectivity index (χ2v) is 8.05. The summed E-state index contributed by atoms with van der Waals surface area (Å²) in [6, 6.07) is 4.55. The van der Waals surface area contributed by atoms with Gasteiger partial charge >= 0.3 is 0 Å². The lowest BCUT2D eigenvalue weighted by Crippen LogP contribution is -2.43. The van der Waals surface area contributed by atoms with Gasteiger partial charge in [0, 0.05) is 16.1 Å². The number of amides is 1. The Labute approximate surface area is 125 Å². The molecule has 0 spiro atoms. The molecule has 19 heavy (non-hydrogen) atoms. The minimum atomic E-state index is -3.02. The number of hydrogen-bond donors (Lipinski definition) is 1. The van der Waals surface area contributed by atoms with Gasteiger partial charge in [-0.3, -0.25) is 4.79 Å². The van der Waals surface area contributed by atoms with Gasteiger partial charge in [0.15, 0.2) is 9.84 Å². The molecule has 0 radical (unpaired) electrons. The van der Waals surface area contributed by atoms with Crippen molar-refractivity contribution in [2.24, 2.45) is 0 Å². The number of rotatable bonds is 2. The van der Waals surface area contributed by atoms with Crippen LogP contribution in [0.5, 0.6) is 0 Å². The molecule has 0 bridgehead atoms. The highest BCUT2D eigenvalue weighted by Gasteiger charge is 2.26. The lowest BCUT2D eigenvalue weighted by Gasteiger charge is -2.23. The Kier molecular flexibility index (Phi) is 4.53. The highest BCUT2D eigenvalue weighted by Crippen LogP contribution is 2.23. The van der Waals surface area contributed by atoms with E-state index < -0.39 is 9.84 Å². The van der Waals surface area contributed by atoms with Crippen LogP contribution in [0.25, 0.3) is 0 Å². The Morgan fingerprint density at radius 2 is 2.16 bits per heavy atom. The van der Waals surface area contributed by atoms with E-state index in [1.165, 1.54) is 0 Å². The molecule has 1 heterocycles. The van der Waals surface area contributed by atoms with Crippen molar-refractivity contribution in [2.75, 3.05) is 11.5 Å². The van der Waals surface area contributed by atoms with Crippen molar-refractivity contribution in [1.82, 2.24) is 5.32 Å². The average molecular weight is 367 g/mol. The van der Waals surface area contributed by atoms with E-state index in [-0.39, 0.29) is 23.5 Å². The maximum absolute atomic E-state index is 12.0. The van der Waals surface area contributed by atoms with Crippen LogP contribution in [0.1, 0.15) is 23.2 Å². The van der Waals surface area contributed by atoms with Crippen molar-refractivity contribution in [2.45, 2.75) is 18.9 Å². The van der Waals surface area contributed by atoms with Crippen molar-refractivity contribution in [3.05, 3.63) is 33.3 Å². The van der Waals surface area contributed by atoms with Gasteiger partial charge in [0.05, 0.1) is 16.5 Å². The summed E-state index contributed by atoms with van der Waals surface area (Å²) < 4.78 is 23.6. The Morgan fingerprint density at radius 3 is 2.79 bits per heavy atom. The van der Waals surface area contributed by atoms with Gasteiger partial charge in [-0.2, -0.15) is 0 Å². The number of benzene rings is 1. The number of halogens is 2. The van der Waals surface area contributed by atoms with Crippen LogP contribution in [0.15, 0.2) is 22.7 Å². The third kappa shape index (κ3) is 3.94. The zero-order valence-corrected chi connectivity index (χ0v) is 13.2. The van der Waals surface area contributed by atoms with E-state index in [0.717, 1.165) is 0 Å².